The average Bonchev–Trinajstić information content (AvgIpc) is 2.60. The fourth-order valence-corrected chi connectivity index (χ4v) is 2.25. The van der Waals surface area contributed by atoms with E-state index in [9.17, 15) is 0 Å². The first-order valence-corrected chi connectivity index (χ1v) is 7.78. The summed E-state index contributed by atoms with van der Waals surface area (Å²) >= 11 is 0. The minimum atomic E-state index is 0.460. The second kappa shape index (κ2) is 6.95. The standard InChI is InChI=1S/C18H20N6/c1-12(2)13-3-5-14(6-4-13)23-17-16(19)18(22-11-21-17)24-15-7-9-20-10-8-15/h3-12H,19H2,1-2H3,(H2,20,21,22,23,24). The Morgan fingerprint density at radius 1 is 0.833 bits per heavy atom. The molecular weight excluding hydrogens is 300 g/mol. The number of anilines is 5. The number of nitrogens with two attached hydrogens (primary N) is 1. The van der Waals surface area contributed by atoms with Gasteiger partial charge in [-0.1, -0.05) is 26.0 Å². The summed E-state index contributed by atoms with van der Waals surface area (Å²) in [5.74, 6) is 1.62. The third-order valence-corrected chi connectivity index (χ3v) is 3.67. The zero-order valence-corrected chi connectivity index (χ0v) is 13.7. The topological polar surface area (TPSA) is 88.8 Å². The van der Waals surface area contributed by atoms with Gasteiger partial charge in [0.25, 0.3) is 0 Å². The van der Waals surface area contributed by atoms with Crippen LogP contribution in [0.15, 0.2) is 55.1 Å². The second-order valence-electron chi connectivity index (χ2n) is 5.75. The third kappa shape index (κ3) is 3.60. The molecule has 24 heavy (non-hydrogen) atoms. The van der Waals surface area contributed by atoms with Crippen LogP contribution in [-0.4, -0.2) is 15.0 Å². The van der Waals surface area contributed by atoms with E-state index in [1.54, 1.807) is 12.4 Å². The SMILES string of the molecule is CC(C)c1ccc(Nc2ncnc(Nc3ccncc3)c2N)cc1. The highest BCUT2D eigenvalue weighted by Gasteiger charge is 2.09. The van der Waals surface area contributed by atoms with Crippen LogP contribution in [0.5, 0.6) is 0 Å². The molecule has 6 nitrogen and oxygen atoms in total. The summed E-state index contributed by atoms with van der Waals surface area (Å²) in [6.45, 7) is 4.34. The van der Waals surface area contributed by atoms with Gasteiger partial charge in [0.05, 0.1) is 0 Å². The Bertz CT molecular complexity index is 799. The Kier molecular flexibility index (Phi) is 4.56. The molecule has 0 atom stereocenters. The highest BCUT2D eigenvalue weighted by molar-refractivity contribution is 5.80. The van der Waals surface area contributed by atoms with Crippen molar-refractivity contribution in [1.82, 2.24) is 15.0 Å². The van der Waals surface area contributed by atoms with Crippen LogP contribution in [0.2, 0.25) is 0 Å². The Labute approximate surface area is 141 Å². The summed E-state index contributed by atoms with van der Waals surface area (Å²) < 4.78 is 0. The summed E-state index contributed by atoms with van der Waals surface area (Å²) in [7, 11) is 0. The molecule has 3 aromatic rings. The van der Waals surface area contributed by atoms with Gasteiger partial charge in [-0.15, -0.1) is 0 Å². The highest BCUT2D eigenvalue weighted by Crippen LogP contribution is 2.28. The van der Waals surface area contributed by atoms with E-state index in [0.29, 0.717) is 23.2 Å². The number of nitrogen functional groups attached to an aromatic ring is 1. The van der Waals surface area contributed by atoms with Gasteiger partial charge in [-0.05, 0) is 35.7 Å². The second-order valence-corrected chi connectivity index (χ2v) is 5.75. The van der Waals surface area contributed by atoms with Gasteiger partial charge in [-0.25, -0.2) is 9.97 Å². The predicted octanol–water partition coefficient (Wildman–Crippen LogP) is 4.06. The van der Waals surface area contributed by atoms with Gasteiger partial charge in [0.15, 0.2) is 11.6 Å². The van der Waals surface area contributed by atoms with Gasteiger partial charge in [-0.2, -0.15) is 0 Å². The van der Waals surface area contributed by atoms with E-state index < -0.39 is 0 Å². The van der Waals surface area contributed by atoms with Crippen molar-refractivity contribution in [3.63, 3.8) is 0 Å². The summed E-state index contributed by atoms with van der Waals surface area (Å²) in [5, 5.41) is 6.40. The van der Waals surface area contributed by atoms with E-state index in [1.807, 2.05) is 24.3 Å². The van der Waals surface area contributed by atoms with Crippen LogP contribution < -0.4 is 16.4 Å². The minimum Gasteiger partial charge on any atom is -0.393 e. The van der Waals surface area contributed by atoms with Crippen molar-refractivity contribution in [2.24, 2.45) is 0 Å². The van der Waals surface area contributed by atoms with E-state index >= 15 is 0 Å². The van der Waals surface area contributed by atoms with Gasteiger partial charge < -0.3 is 16.4 Å². The molecule has 0 aliphatic heterocycles. The molecule has 0 amide bonds. The van der Waals surface area contributed by atoms with E-state index in [2.05, 4.69) is 51.6 Å². The maximum atomic E-state index is 6.19. The predicted molar refractivity (Wildman–Crippen MR) is 97.8 cm³/mol. The maximum absolute atomic E-state index is 6.19. The summed E-state index contributed by atoms with van der Waals surface area (Å²) in [6, 6.07) is 11.9. The smallest absolute Gasteiger partial charge is 0.159 e. The molecule has 4 N–H and O–H groups in total. The van der Waals surface area contributed by atoms with Crippen LogP contribution in [-0.2, 0) is 0 Å². The average molecular weight is 320 g/mol. The minimum absolute atomic E-state index is 0.460. The third-order valence-electron chi connectivity index (χ3n) is 3.67. The lowest BCUT2D eigenvalue weighted by Crippen LogP contribution is -2.05. The molecule has 0 spiro atoms. The number of benzene rings is 1. The summed E-state index contributed by atoms with van der Waals surface area (Å²) in [6.07, 6.45) is 4.88. The Morgan fingerprint density at radius 2 is 1.38 bits per heavy atom. The summed E-state index contributed by atoms with van der Waals surface area (Å²) in [4.78, 5) is 12.4. The van der Waals surface area contributed by atoms with Crippen LogP contribution in [0, 0.1) is 0 Å². The van der Waals surface area contributed by atoms with Crippen LogP contribution in [0.1, 0.15) is 25.3 Å². The van der Waals surface area contributed by atoms with Gasteiger partial charge in [0.1, 0.15) is 12.0 Å². The molecule has 3 rings (SSSR count). The van der Waals surface area contributed by atoms with Crippen LogP contribution in [0.3, 0.4) is 0 Å². The molecule has 1 aromatic carbocycles. The van der Waals surface area contributed by atoms with Crippen molar-refractivity contribution in [2.75, 3.05) is 16.4 Å². The molecule has 6 heteroatoms. The van der Waals surface area contributed by atoms with E-state index in [4.69, 9.17) is 5.73 Å². The fraction of sp³-hybridized carbons (Fsp3) is 0.167. The van der Waals surface area contributed by atoms with E-state index in [-0.39, 0.29) is 0 Å². The first-order chi connectivity index (χ1) is 11.6. The fourth-order valence-electron chi connectivity index (χ4n) is 2.25. The highest BCUT2D eigenvalue weighted by atomic mass is 15.1. The van der Waals surface area contributed by atoms with E-state index in [0.717, 1.165) is 11.4 Å². The number of aromatic nitrogens is 3. The normalized spacial score (nSPS) is 10.6. The van der Waals surface area contributed by atoms with Crippen molar-refractivity contribution in [3.8, 4) is 0 Å². The number of pyridine rings is 1. The first-order valence-electron chi connectivity index (χ1n) is 7.78. The quantitative estimate of drug-likeness (QED) is 0.657. The molecule has 0 fully saturated rings. The lowest BCUT2D eigenvalue weighted by Gasteiger charge is -2.13. The van der Waals surface area contributed by atoms with Gasteiger partial charge in [0.2, 0.25) is 0 Å². The van der Waals surface area contributed by atoms with Gasteiger partial charge >= 0.3 is 0 Å². The molecule has 122 valence electrons. The lowest BCUT2D eigenvalue weighted by atomic mass is 10.0. The zero-order valence-electron chi connectivity index (χ0n) is 13.7. The van der Waals surface area contributed by atoms with Crippen molar-refractivity contribution >= 4 is 28.7 Å². The molecule has 0 saturated carbocycles. The summed E-state index contributed by atoms with van der Waals surface area (Å²) in [5.41, 5.74) is 9.73. The molecule has 2 aromatic heterocycles. The number of rotatable bonds is 5. The number of hydrogen-bond donors (Lipinski definition) is 3. The van der Waals surface area contributed by atoms with Crippen molar-refractivity contribution in [2.45, 2.75) is 19.8 Å². The van der Waals surface area contributed by atoms with E-state index in [1.165, 1.54) is 11.9 Å². The lowest BCUT2D eigenvalue weighted by molar-refractivity contribution is 0.867. The Morgan fingerprint density at radius 3 is 1.92 bits per heavy atom. The molecule has 0 aliphatic rings. The van der Waals surface area contributed by atoms with Crippen molar-refractivity contribution < 1.29 is 0 Å². The molecular formula is C18H20N6. The number of hydrogen-bond acceptors (Lipinski definition) is 6. The first kappa shape index (κ1) is 15.7. The Hall–Kier alpha value is -3.15. The molecule has 0 aliphatic carbocycles. The van der Waals surface area contributed by atoms with Crippen LogP contribution >= 0.6 is 0 Å². The van der Waals surface area contributed by atoms with Gasteiger partial charge in [0, 0.05) is 23.8 Å². The molecule has 0 bridgehead atoms. The number of nitrogens with zero attached hydrogens (tertiary/aromatic N) is 3. The van der Waals surface area contributed by atoms with Crippen molar-refractivity contribution in [1.29, 1.82) is 0 Å². The zero-order chi connectivity index (χ0) is 16.9. The number of nitrogens with one attached hydrogen (secondary N) is 2. The van der Waals surface area contributed by atoms with Gasteiger partial charge in [-0.3, -0.25) is 4.98 Å². The Balaban J connectivity index is 1.80. The van der Waals surface area contributed by atoms with Crippen LogP contribution in [0.4, 0.5) is 28.7 Å². The molecule has 0 saturated heterocycles. The monoisotopic (exact) mass is 320 g/mol. The molecule has 0 unspecified atom stereocenters. The largest absolute Gasteiger partial charge is 0.393 e. The molecule has 2 heterocycles. The maximum Gasteiger partial charge on any atom is 0.159 e. The van der Waals surface area contributed by atoms with Crippen molar-refractivity contribution in [3.05, 3.63) is 60.7 Å². The molecule has 0 radical (unpaired) electrons. The van der Waals surface area contributed by atoms with Crippen LogP contribution in [0.25, 0.3) is 0 Å².